The molecule has 0 aliphatic carbocycles. The fourth-order valence-electron chi connectivity index (χ4n) is 2.53. The number of nitrogens with zero attached hydrogens (tertiary/aromatic N) is 1. The summed E-state index contributed by atoms with van der Waals surface area (Å²) in [5, 5.41) is 12.3. The lowest BCUT2D eigenvalue weighted by atomic mass is 10.1. The molecular formula is C21H20N2O4S. The summed E-state index contributed by atoms with van der Waals surface area (Å²) in [6.45, 7) is 5.48. The van der Waals surface area contributed by atoms with Crippen LogP contribution in [-0.2, 0) is 9.59 Å². The van der Waals surface area contributed by atoms with Crippen LogP contribution in [0.3, 0.4) is 0 Å². The number of thioether (sulfide) groups is 1. The number of aliphatic imine (C=N–C) groups is 1. The second-order valence-corrected chi connectivity index (χ2v) is 7.40. The minimum Gasteiger partial charge on any atom is -0.479 e. The van der Waals surface area contributed by atoms with E-state index in [1.165, 1.54) is 18.7 Å². The number of aliphatic carboxylic acids is 1. The van der Waals surface area contributed by atoms with Crippen molar-refractivity contribution in [3.05, 3.63) is 64.1 Å². The number of hydrogen-bond donors (Lipinski definition) is 2. The Morgan fingerprint density at radius 1 is 1.25 bits per heavy atom. The third kappa shape index (κ3) is 4.61. The number of nitrogens with one attached hydrogen (secondary N) is 1. The van der Waals surface area contributed by atoms with Gasteiger partial charge in [-0.2, -0.15) is 0 Å². The summed E-state index contributed by atoms with van der Waals surface area (Å²) >= 11 is 1.26. The van der Waals surface area contributed by atoms with Gasteiger partial charge in [-0.3, -0.25) is 4.79 Å². The van der Waals surface area contributed by atoms with Crippen LogP contribution in [0.1, 0.15) is 23.6 Å². The fraction of sp³-hybridized carbons (Fsp3) is 0.190. The molecule has 1 heterocycles. The maximum absolute atomic E-state index is 12.3. The molecule has 1 fully saturated rings. The first-order valence-electron chi connectivity index (χ1n) is 8.69. The summed E-state index contributed by atoms with van der Waals surface area (Å²) in [6.07, 6.45) is 0.771. The van der Waals surface area contributed by atoms with Crippen LogP contribution < -0.4 is 10.1 Å². The molecule has 1 amide bonds. The molecule has 2 aromatic carbocycles. The number of carbonyl (C=O) groups excluding carboxylic acids is 1. The molecule has 7 heteroatoms. The molecule has 0 bridgehead atoms. The Kier molecular flexibility index (Phi) is 5.84. The van der Waals surface area contributed by atoms with Gasteiger partial charge in [-0.25, -0.2) is 9.79 Å². The number of benzene rings is 2. The van der Waals surface area contributed by atoms with Crippen LogP contribution >= 0.6 is 11.8 Å². The van der Waals surface area contributed by atoms with Crippen molar-refractivity contribution in [1.82, 2.24) is 5.32 Å². The van der Waals surface area contributed by atoms with E-state index in [0.29, 0.717) is 15.8 Å². The molecule has 1 unspecified atom stereocenters. The van der Waals surface area contributed by atoms with Gasteiger partial charge >= 0.3 is 5.97 Å². The fourth-order valence-corrected chi connectivity index (χ4v) is 3.36. The SMILES string of the molecule is Cc1cccc(N=C2NC(=O)/C(=C\c3cccc(OC(C)C(=O)O)c3)S2)c1C. The van der Waals surface area contributed by atoms with Crippen LogP contribution in [0.15, 0.2) is 52.4 Å². The normalized spacial score (nSPS) is 17.6. The van der Waals surface area contributed by atoms with Gasteiger partial charge in [-0.15, -0.1) is 0 Å². The molecule has 3 rings (SSSR count). The second-order valence-electron chi connectivity index (χ2n) is 6.37. The van der Waals surface area contributed by atoms with Crippen molar-refractivity contribution >= 4 is 40.6 Å². The Bertz CT molecular complexity index is 998. The summed E-state index contributed by atoms with van der Waals surface area (Å²) in [5.41, 5.74) is 3.77. The molecule has 0 saturated carbocycles. The number of ether oxygens (including phenoxy) is 1. The van der Waals surface area contributed by atoms with E-state index in [2.05, 4.69) is 10.3 Å². The third-order valence-electron chi connectivity index (χ3n) is 4.27. The highest BCUT2D eigenvalue weighted by Gasteiger charge is 2.24. The van der Waals surface area contributed by atoms with Gasteiger partial charge in [-0.1, -0.05) is 24.3 Å². The van der Waals surface area contributed by atoms with Crippen LogP contribution in [0.5, 0.6) is 5.75 Å². The first-order valence-corrected chi connectivity index (χ1v) is 9.50. The molecule has 144 valence electrons. The Labute approximate surface area is 167 Å². The molecule has 6 nitrogen and oxygen atoms in total. The van der Waals surface area contributed by atoms with E-state index in [9.17, 15) is 9.59 Å². The van der Waals surface area contributed by atoms with Gasteiger partial charge in [0.15, 0.2) is 11.3 Å². The van der Waals surface area contributed by atoms with E-state index in [1.54, 1.807) is 24.3 Å². The molecular weight excluding hydrogens is 376 g/mol. The molecule has 2 N–H and O–H groups in total. The van der Waals surface area contributed by atoms with Crippen LogP contribution in [0.2, 0.25) is 0 Å². The average molecular weight is 396 g/mol. The van der Waals surface area contributed by atoms with Crippen LogP contribution in [0.25, 0.3) is 6.08 Å². The van der Waals surface area contributed by atoms with Crippen molar-refractivity contribution in [2.24, 2.45) is 4.99 Å². The Balaban J connectivity index is 1.80. The quantitative estimate of drug-likeness (QED) is 0.745. The highest BCUT2D eigenvalue weighted by atomic mass is 32.2. The first-order chi connectivity index (χ1) is 13.3. The van der Waals surface area contributed by atoms with Crippen LogP contribution in [-0.4, -0.2) is 28.3 Å². The van der Waals surface area contributed by atoms with E-state index in [4.69, 9.17) is 9.84 Å². The summed E-state index contributed by atoms with van der Waals surface area (Å²) in [5.74, 6) is -0.835. The predicted octanol–water partition coefficient (Wildman–Crippen LogP) is 4.05. The Hall–Kier alpha value is -3.06. The van der Waals surface area contributed by atoms with Crippen LogP contribution in [0.4, 0.5) is 5.69 Å². The second kappa shape index (κ2) is 8.31. The largest absolute Gasteiger partial charge is 0.479 e. The van der Waals surface area contributed by atoms with Gasteiger partial charge in [0.25, 0.3) is 5.91 Å². The number of carbonyl (C=O) groups is 2. The molecule has 0 radical (unpaired) electrons. The van der Waals surface area contributed by atoms with E-state index < -0.39 is 12.1 Å². The zero-order chi connectivity index (χ0) is 20.3. The van der Waals surface area contributed by atoms with E-state index >= 15 is 0 Å². The van der Waals surface area contributed by atoms with Crippen molar-refractivity contribution in [3.63, 3.8) is 0 Å². The number of rotatable bonds is 5. The number of carboxylic acid groups (broad SMARTS) is 1. The topological polar surface area (TPSA) is 88.0 Å². The summed E-state index contributed by atoms with van der Waals surface area (Å²) in [7, 11) is 0. The molecule has 28 heavy (non-hydrogen) atoms. The van der Waals surface area contributed by atoms with Gasteiger partial charge in [0.2, 0.25) is 0 Å². The summed E-state index contributed by atoms with van der Waals surface area (Å²) in [4.78, 5) is 28.3. The van der Waals surface area contributed by atoms with Gasteiger partial charge in [0, 0.05) is 0 Å². The average Bonchev–Trinajstić information content (AvgIpc) is 2.98. The van der Waals surface area contributed by atoms with Crippen molar-refractivity contribution in [1.29, 1.82) is 0 Å². The lowest BCUT2D eigenvalue weighted by molar-refractivity contribution is -0.144. The highest BCUT2D eigenvalue weighted by molar-refractivity contribution is 8.18. The van der Waals surface area contributed by atoms with Gasteiger partial charge in [0.05, 0.1) is 10.6 Å². The zero-order valence-corrected chi connectivity index (χ0v) is 16.5. The van der Waals surface area contributed by atoms with Crippen molar-refractivity contribution < 1.29 is 19.4 Å². The maximum Gasteiger partial charge on any atom is 0.344 e. The number of carboxylic acids is 1. The molecule has 1 atom stereocenters. The monoisotopic (exact) mass is 396 g/mol. The Morgan fingerprint density at radius 2 is 2.00 bits per heavy atom. The predicted molar refractivity (Wildman–Crippen MR) is 111 cm³/mol. The van der Waals surface area contributed by atoms with E-state index in [0.717, 1.165) is 22.4 Å². The van der Waals surface area contributed by atoms with Crippen molar-refractivity contribution in [3.8, 4) is 5.75 Å². The van der Waals surface area contributed by atoms with Crippen molar-refractivity contribution in [2.75, 3.05) is 0 Å². The molecule has 0 spiro atoms. The number of amidine groups is 1. The van der Waals surface area contributed by atoms with Gasteiger partial charge in [-0.05, 0) is 73.5 Å². The highest BCUT2D eigenvalue weighted by Crippen LogP contribution is 2.30. The van der Waals surface area contributed by atoms with Crippen molar-refractivity contribution in [2.45, 2.75) is 26.9 Å². The number of hydrogen-bond acceptors (Lipinski definition) is 5. The van der Waals surface area contributed by atoms with Gasteiger partial charge < -0.3 is 15.2 Å². The smallest absolute Gasteiger partial charge is 0.344 e. The molecule has 1 aliphatic rings. The zero-order valence-electron chi connectivity index (χ0n) is 15.7. The third-order valence-corrected chi connectivity index (χ3v) is 5.18. The van der Waals surface area contributed by atoms with Crippen LogP contribution in [0, 0.1) is 13.8 Å². The van der Waals surface area contributed by atoms with E-state index in [-0.39, 0.29) is 5.91 Å². The maximum atomic E-state index is 12.3. The standard InChI is InChI=1S/C21H20N2O4S/c1-12-6-4-9-17(13(12)2)22-21-23-19(24)18(28-21)11-15-7-5-8-16(10-15)27-14(3)20(25)26/h4-11,14H,1-3H3,(H,25,26)(H,22,23,24)/b18-11+. The number of amides is 1. The summed E-state index contributed by atoms with van der Waals surface area (Å²) < 4.78 is 5.37. The molecule has 1 saturated heterocycles. The summed E-state index contributed by atoms with van der Waals surface area (Å²) in [6, 6.07) is 12.8. The first kappa shape index (κ1) is 19.7. The van der Waals surface area contributed by atoms with Gasteiger partial charge in [0.1, 0.15) is 5.75 Å². The lowest BCUT2D eigenvalue weighted by Crippen LogP contribution is -2.22. The van der Waals surface area contributed by atoms with E-state index in [1.807, 2.05) is 38.1 Å². The molecule has 1 aliphatic heterocycles. The minimum absolute atomic E-state index is 0.223. The molecule has 2 aromatic rings. The molecule has 0 aromatic heterocycles. The number of aryl methyl sites for hydroxylation is 1. The lowest BCUT2D eigenvalue weighted by Gasteiger charge is -2.10. The Morgan fingerprint density at radius 3 is 2.75 bits per heavy atom. The minimum atomic E-state index is -1.04.